The Balaban J connectivity index is 0.00000841. The molecule has 0 spiro atoms. The van der Waals surface area contributed by atoms with Crippen molar-refractivity contribution in [3.8, 4) is 0 Å². The van der Waals surface area contributed by atoms with Crippen molar-refractivity contribution in [2.45, 2.75) is 130 Å². The van der Waals surface area contributed by atoms with Crippen molar-refractivity contribution in [3.63, 3.8) is 0 Å². The van der Waals surface area contributed by atoms with E-state index in [4.69, 9.17) is 4.74 Å². The number of unbranched alkanes of at least 4 members (excludes halogenated alkanes) is 4. The molecule has 1 rings (SSSR count). The van der Waals surface area contributed by atoms with E-state index < -0.39 is 0 Å². The third kappa shape index (κ3) is 9.85. The highest BCUT2D eigenvalue weighted by Gasteiger charge is 2.46. The van der Waals surface area contributed by atoms with Crippen LogP contribution in [0.5, 0.6) is 0 Å². The van der Waals surface area contributed by atoms with Gasteiger partial charge in [0.05, 0.1) is 32.3 Å². The topological polar surface area (TPSA) is 32.4 Å². The first-order valence-corrected chi connectivity index (χ1v) is 12.6. The summed E-state index contributed by atoms with van der Waals surface area (Å²) in [6.45, 7) is 21.4. The quantitative estimate of drug-likeness (QED) is 0.259. The molecule has 0 atom stereocenters. The van der Waals surface area contributed by atoms with Gasteiger partial charge in [-0.05, 0) is 72.6 Å². The highest BCUT2D eigenvalue weighted by atomic mass is 79.9. The fourth-order valence-corrected chi connectivity index (χ4v) is 5.24. The number of quaternary nitrogens is 1. The van der Waals surface area contributed by atoms with Gasteiger partial charge in [-0.1, -0.05) is 40.0 Å². The maximum atomic E-state index is 12.5. The minimum Gasteiger partial charge on any atom is -1.00 e. The van der Waals surface area contributed by atoms with Crippen LogP contribution in [0.25, 0.3) is 0 Å². The molecule has 5 heteroatoms. The first-order chi connectivity index (χ1) is 13.6. The molecule has 1 heterocycles. The van der Waals surface area contributed by atoms with E-state index in [-0.39, 0.29) is 34.2 Å². The zero-order chi connectivity index (χ0) is 22.0. The SMILES string of the molecule is CCCC[N+](CCCC)(CCCC)CCCCOC1CC(C)(C)N([O])C(C)(C)C1.[Br-]. The standard InChI is InChI=1S/C25H52N2O2.BrH/c1-8-11-16-27(17-12-9-2,18-13-10-3)19-14-15-20-29-23-21-24(4,5)26(28)25(6,7)22-23;/h23H,8-22H2,1-7H3;1H/q+1;/p-1. The fraction of sp³-hybridized carbons (Fsp3) is 1.00. The molecule has 0 aliphatic carbocycles. The lowest BCUT2D eigenvalue weighted by Gasteiger charge is -2.49. The van der Waals surface area contributed by atoms with Crippen molar-refractivity contribution in [2.75, 3.05) is 32.8 Å². The first-order valence-electron chi connectivity index (χ1n) is 12.6. The molecule has 1 saturated heterocycles. The predicted molar refractivity (Wildman–Crippen MR) is 123 cm³/mol. The summed E-state index contributed by atoms with van der Waals surface area (Å²) in [5.41, 5.74) is -0.669. The molecule has 0 unspecified atom stereocenters. The number of hydroxylamine groups is 2. The molecular formula is C25H52BrN2O2. The van der Waals surface area contributed by atoms with Crippen molar-refractivity contribution < 1.29 is 31.4 Å². The zero-order valence-electron chi connectivity index (χ0n) is 21.3. The minimum atomic E-state index is -0.334. The Hall–Kier alpha value is 0.320. The Morgan fingerprint density at radius 2 is 1.17 bits per heavy atom. The van der Waals surface area contributed by atoms with Crippen molar-refractivity contribution in [3.05, 3.63) is 0 Å². The van der Waals surface area contributed by atoms with E-state index in [1.54, 1.807) is 0 Å². The third-order valence-corrected chi connectivity index (χ3v) is 6.89. The molecule has 1 radical (unpaired) electrons. The predicted octanol–water partition coefficient (Wildman–Crippen LogP) is 3.37. The Kier molecular flexibility index (Phi) is 14.6. The number of hydrogen-bond donors (Lipinski definition) is 0. The molecule has 0 amide bonds. The molecule has 0 bridgehead atoms. The van der Waals surface area contributed by atoms with E-state index >= 15 is 0 Å². The summed E-state index contributed by atoms with van der Waals surface area (Å²) < 4.78 is 7.61. The summed E-state index contributed by atoms with van der Waals surface area (Å²) in [6.07, 6.45) is 12.2. The molecule has 1 aliphatic rings. The second-order valence-electron chi connectivity index (χ2n) is 10.8. The molecule has 0 aromatic rings. The van der Waals surface area contributed by atoms with Crippen LogP contribution in [0.2, 0.25) is 0 Å². The number of ether oxygens (including phenoxy) is 1. The maximum absolute atomic E-state index is 12.5. The summed E-state index contributed by atoms with van der Waals surface area (Å²) in [4.78, 5) is 0. The Morgan fingerprint density at radius 1 is 0.767 bits per heavy atom. The van der Waals surface area contributed by atoms with Gasteiger partial charge in [0.1, 0.15) is 0 Å². The van der Waals surface area contributed by atoms with Gasteiger partial charge in [-0.15, -0.1) is 10.3 Å². The van der Waals surface area contributed by atoms with Crippen LogP contribution in [0.3, 0.4) is 0 Å². The normalized spacial score (nSPS) is 19.6. The minimum absolute atomic E-state index is 0. The highest BCUT2D eigenvalue weighted by molar-refractivity contribution is 4.96. The zero-order valence-corrected chi connectivity index (χ0v) is 22.9. The van der Waals surface area contributed by atoms with Crippen molar-refractivity contribution in [1.82, 2.24) is 5.06 Å². The van der Waals surface area contributed by atoms with Gasteiger partial charge in [0, 0.05) is 17.7 Å². The number of nitrogens with zero attached hydrogens (tertiary/aromatic N) is 2. The summed E-state index contributed by atoms with van der Waals surface area (Å²) in [5.74, 6) is 0. The molecular weight excluding hydrogens is 440 g/mol. The lowest BCUT2D eigenvalue weighted by molar-refractivity contribution is -0.929. The second kappa shape index (κ2) is 14.5. The van der Waals surface area contributed by atoms with Gasteiger partial charge >= 0.3 is 0 Å². The monoisotopic (exact) mass is 491 g/mol. The van der Waals surface area contributed by atoms with E-state index in [1.165, 1.54) is 80.7 Å². The van der Waals surface area contributed by atoms with Crippen LogP contribution in [0.4, 0.5) is 0 Å². The highest BCUT2D eigenvalue weighted by Crippen LogP contribution is 2.38. The fourth-order valence-electron chi connectivity index (χ4n) is 5.24. The lowest BCUT2D eigenvalue weighted by Crippen LogP contribution is -3.00. The van der Waals surface area contributed by atoms with Crippen LogP contribution in [-0.4, -0.2) is 59.5 Å². The summed E-state index contributed by atoms with van der Waals surface area (Å²) in [6, 6.07) is 0. The Morgan fingerprint density at radius 3 is 1.57 bits per heavy atom. The molecule has 181 valence electrons. The van der Waals surface area contributed by atoms with Gasteiger partial charge in [-0.25, -0.2) is 0 Å². The second-order valence-corrected chi connectivity index (χ2v) is 10.8. The summed E-state index contributed by atoms with van der Waals surface area (Å²) >= 11 is 0. The van der Waals surface area contributed by atoms with Gasteiger partial charge in [0.25, 0.3) is 0 Å². The van der Waals surface area contributed by atoms with E-state index in [2.05, 4.69) is 48.5 Å². The van der Waals surface area contributed by atoms with Gasteiger partial charge < -0.3 is 26.2 Å². The third-order valence-electron chi connectivity index (χ3n) is 6.89. The van der Waals surface area contributed by atoms with Crippen molar-refractivity contribution >= 4 is 0 Å². The van der Waals surface area contributed by atoms with Crippen LogP contribution in [0.1, 0.15) is 113 Å². The molecule has 1 fully saturated rings. The lowest BCUT2D eigenvalue weighted by atomic mass is 9.80. The van der Waals surface area contributed by atoms with Gasteiger partial charge in [0.2, 0.25) is 0 Å². The Bertz CT molecular complexity index is 403. The molecule has 0 aromatic heterocycles. The average Bonchev–Trinajstić information content (AvgIpc) is 2.66. The van der Waals surface area contributed by atoms with Crippen molar-refractivity contribution in [1.29, 1.82) is 0 Å². The molecule has 4 nitrogen and oxygen atoms in total. The van der Waals surface area contributed by atoms with E-state index in [0.717, 1.165) is 25.9 Å². The average molecular weight is 493 g/mol. The van der Waals surface area contributed by atoms with Crippen LogP contribution in [0.15, 0.2) is 0 Å². The Labute approximate surface area is 199 Å². The summed E-state index contributed by atoms with van der Waals surface area (Å²) in [5, 5.41) is 13.8. The largest absolute Gasteiger partial charge is 1.00 e. The molecule has 0 aromatic carbocycles. The number of halogens is 1. The van der Waals surface area contributed by atoms with Crippen LogP contribution < -0.4 is 17.0 Å². The number of hydrogen-bond acceptors (Lipinski definition) is 2. The molecule has 0 N–H and O–H groups in total. The van der Waals surface area contributed by atoms with E-state index in [0.29, 0.717) is 0 Å². The molecule has 0 saturated carbocycles. The van der Waals surface area contributed by atoms with E-state index in [1.807, 2.05) is 0 Å². The van der Waals surface area contributed by atoms with Gasteiger partial charge in [-0.2, -0.15) is 0 Å². The summed E-state index contributed by atoms with van der Waals surface area (Å²) in [7, 11) is 0. The smallest absolute Gasteiger partial charge is 0.0787 e. The number of rotatable bonds is 15. The van der Waals surface area contributed by atoms with Crippen molar-refractivity contribution in [2.24, 2.45) is 0 Å². The van der Waals surface area contributed by atoms with Gasteiger partial charge in [-0.3, -0.25) is 0 Å². The van der Waals surface area contributed by atoms with Crippen LogP contribution >= 0.6 is 0 Å². The van der Waals surface area contributed by atoms with Crippen LogP contribution in [0, 0.1) is 0 Å². The van der Waals surface area contributed by atoms with E-state index in [9.17, 15) is 5.21 Å². The first kappa shape index (κ1) is 30.3. The van der Waals surface area contributed by atoms with Crippen LogP contribution in [-0.2, 0) is 9.94 Å². The van der Waals surface area contributed by atoms with Gasteiger partial charge in [0.15, 0.2) is 0 Å². The molecule has 1 aliphatic heterocycles. The maximum Gasteiger partial charge on any atom is 0.0787 e. The molecule has 30 heavy (non-hydrogen) atoms. The number of piperidine rings is 1.